The number of carbonyl (C=O) groups excluding carboxylic acids is 1. The molecule has 1 aromatic carbocycles. The van der Waals surface area contributed by atoms with Crippen molar-refractivity contribution in [2.45, 2.75) is 25.4 Å². The summed E-state index contributed by atoms with van der Waals surface area (Å²) < 4.78 is 11.1. The molecule has 1 atom stereocenters. The lowest BCUT2D eigenvalue weighted by molar-refractivity contribution is 0.0961. The number of benzene rings is 1. The molecule has 0 bridgehead atoms. The lowest BCUT2D eigenvalue weighted by Gasteiger charge is -2.18. The molecule has 3 nitrogen and oxygen atoms in total. The standard InChI is InChI=1S/C14H14O3/c15-13-9-16-14-8-11(6-7-12(13)14)17-10-4-2-1-3-5-10/h2,4,6-8,10H,1,3,5,9H2. The van der Waals surface area contributed by atoms with E-state index in [9.17, 15) is 4.79 Å². The van der Waals surface area contributed by atoms with Crippen molar-refractivity contribution in [3.8, 4) is 11.5 Å². The van der Waals surface area contributed by atoms with Gasteiger partial charge in [-0.25, -0.2) is 0 Å². The number of ketones is 1. The Hall–Kier alpha value is -1.77. The van der Waals surface area contributed by atoms with Gasteiger partial charge in [-0.3, -0.25) is 4.79 Å². The number of hydrogen-bond donors (Lipinski definition) is 0. The van der Waals surface area contributed by atoms with Crippen LogP contribution < -0.4 is 9.47 Å². The summed E-state index contributed by atoms with van der Waals surface area (Å²) in [6.07, 6.45) is 7.76. The smallest absolute Gasteiger partial charge is 0.203 e. The van der Waals surface area contributed by atoms with Crippen molar-refractivity contribution in [3.05, 3.63) is 35.9 Å². The highest BCUT2D eigenvalue weighted by molar-refractivity contribution is 6.02. The monoisotopic (exact) mass is 230 g/mol. The summed E-state index contributed by atoms with van der Waals surface area (Å²) >= 11 is 0. The molecule has 0 spiro atoms. The highest BCUT2D eigenvalue weighted by Crippen LogP contribution is 2.30. The van der Waals surface area contributed by atoms with Gasteiger partial charge in [0.05, 0.1) is 5.56 Å². The Balaban J connectivity index is 1.78. The van der Waals surface area contributed by atoms with Gasteiger partial charge in [-0.2, -0.15) is 0 Å². The second kappa shape index (κ2) is 4.24. The van der Waals surface area contributed by atoms with Crippen LogP contribution in [0.5, 0.6) is 11.5 Å². The van der Waals surface area contributed by atoms with E-state index in [1.807, 2.05) is 12.1 Å². The number of rotatable bonds is 2. The van der Waals surface area contributed by atoms with Crippen LogP contribution in [-0.2, 0) is 0 Å². The minimum Gasteiger partial charge on any atom is -0.486 e. The topological polar surface area (TPSA) is 35.5 Å². The molecule has 0 N–H and O–H groups in total. The predicted octanol–water partition coefficient (Wildman–Crippen LogP) is 2.75. The average Bonchev–Trinajstić information content (AvgIpc) is 2.72. The molecule has 1 unspecified atom stereocenters. The Labute approximate surface area is 100 Å². The molecule has 3 heteroatoms. The molecule has 0 radical (unpaired) electrons. The molecule has 1 heterocycles. The summed E-state index contributed by atoms with van der Waals surface area (Å²) in [4.78, 5) is 11.4. The summed E-state index contributed by atoms with van der Waals surface area (Å²) in [7, 11) is 0. The summed E-state index contributed by atoms with van der Waals surface area (Å²) in [5.41, 5.74) is 0.663. The molecule has 0 saturated carbocycles. The van der Waals surface area contributed by atoms with E-state index in [1.54, 1.807) is 6.07 Å². The first kappa shape index (κ1) is 10.4. The van der Waals surface area contributed by atoms with E-state index in [2.05, 4.69) is 12.2 Å². The van der Waals surface area contributed by atoms with Crippen LogP contribution in [0.2, 0.25) is 0 Å². The molecule has 1 aromatic rings. The quantitative estimate of drug-likeness (QED) is 0.733. The molecule has 0 amide bonds. The molecule has 0 saturated heterocycles. The largest absolute Gasteiger partial charge is 0.486 e. The molecule has 2 aliphatic rings. The third kappa shape index (κ3) is 2.05. The molecular weight excluding hydrogens is 216 g/mol. The van der Waals surface area contributed by atoms with Crippen LogP contribution in [0.15, 0.2) is 30.4 Å². The van der Waals surface area contributed by atoms with Gasteiger partial charge in [0.1, 0.15) is 17.6 Å². The minimum absolute atomic E-state index is 0.0455. The second-order valence-corrected chi connectivity index (χ2v) is 4.39. The normalized spacial score (nSPS) is 22.1. The highest BCUT2D eigenvalue weighted by atomic mass is 16.5. The van der Waals surface area contributed by atoms with E-state index in [0.29, 0.717) is 11.3 Å². The Morgan fingerprint density at radius 2 is 2.29 bits per heavy atom. The van der Waals surface area contributed by atoms with E-state index >= 15 is 0 Å². The lowest BCUT2D eigenvalue weighted by atomic mass is 10.1. The van der Waals surface area contributed by atoms with Crippen LogP contribution in [0.1, 0.15) is 29.6 Å². The molecule has 1 aliphatic carbocycles. The number of carbonyl (C=O) groups is 1. The Morgan fingerprint density at radius 1 is 1.35 bits per heavy atom. The van der Waals surface area contributed by atoms with Crippen molar-refractivity contribution in [2.75, 3.05) is 6.61 Å². The summed E-state index contributed by atoms with van der Waals surface area (Å²) in [6.45, 7) is 0.155. The zero-order valence-corrected chi connectivity index (χ0v) is 9.52. The number of hydrogen-bond acceptors (Lipinski definition) is 3. The SMILES string of the molecule is O=C1COc2cc(OC3C=CCCC3)ccc21. The van der Waals surface area contributed by atoms with E-state index in [0.717, 1.165) is 18.6 Å². The fourth-order valence-electron chi connectivity index (χ4n) is 2.20. The van der Waals surface area contributed by atoms with Gasteiger partial charge in [0.2, 0.25) is 5.78 Å². The van der Waals surface area contributed by atoms with Gasteiger partial charge in [-0.05, 0) is 37.5 Å². The van der Waals surface area contributed by atoms with E-state index < -0.39 is 0 Å². The van der Waals surface area contributed by atoms with Gasteiger partial charge < -0.3 is 9.47 Å². The van der Waals surface area contributed by atoms with Gasteiger partial charge in [-0.1, -0.05) is 6.08 Å². The number of fused-ring (bicyclic) bond motifs is 1. The fourth-order valence-corrected chi connectivity index (χ4v) is 2.20. The zero-order valence-electron chi connectivity index (χ0n) is 9.52. The first-order valence-corrected chi connectivity index (χ1v) is 5.96. The Morgan fingerprint density at radius 3 is 3.12 bits per heavy atom. The number of ether oxygens (including phenoxy) is 2. The highest BCUT2D eigenvalue weighted by Gasteiger charge is 2.21. The van der Waals surface area contributed by atoms with Gasteiger partial charge in [0.15, 0.2) is 6.61 Å². The van der Waals surface area contributed by atoms with E-state index in [4.69, 9.17) is 9.47 Å². The molecule has 88 valence electrons. The fraction of sp³-hybridized carbons (Fsp3) is 0.357. The summed E-state index contributed by atoms with van der Waals surface area (Å²) in [5, 5.41) is 0. The van der Waals surface area contributed by atoms with E-state index in [1.165, 1.54) is 6.42 Å². The third-order valence-electron chi connectivity index (χ3n) is 3.11. The first-order valence-electron chi connectivity index (χ1n) is 5.96. The van der Waals surface area contributed by atoms with Crippen molar-refractivity contribution < 1.29 is 14.3 Å². The molecule has 3 rings (SSSR count). The van der Waals surface area contributed by atoms with Gasteiger partial charge in [0.25, 0.3) is 0 Å². The van der Waals surface area contributed by atoms with Crippen molar-refractivity contribution in [3.63, 3.8) is 0 Å². The molecule has 0 fully saturated rings. The molecule has 17 heavy (non-hydrogen) atoms. The number of allylic oxidation sites excluding steroid dienone is 1. The van der Waals surface area contributed by atoms with Crippen LogP contribution in [0.4, 0.5) is 0 Å². The summed E-state index contributed by atoms with van der Waals surface area (Å²) in [5.74, 6) is 1.46. The van der Waals surface area contributed by atoms with Crippen LogP contribution >= 0.6 is 0 Å². The van der Waals surface area contributed by atoms with Crippen LogP contribution in [-0.4, -0.2) is 18.5 Å². The molecule has 1 aliphatic heterocycles. The van der Waals surface area contributed by atoms with Crippen molar-refractivity contribution in [1.82, 2.24) is 0 Å². The van der Waals surface area contributed by atoms with Crippen LogP contribution in [0.3, 0.4) is 0 Å². The van der Waals surface area contributed by atoms with E-state index in [-0.39, 0.29) is 18.5 Å². The maximum atomic E-state index is 11.4. The lowest BCUT2D eigenvalue weighted by Crippen LogP contribution is -2.15. The minimum atomic E-state index is 0.0455. The Bertz CT molecular complexity index is 476. The zero-order chi connectivity index (χ0) is 11.7. The van der Waals surface area contributed by atoms with Gasteiger partial charge >= 0.3 is 0 Å². The maximum absolute atomic E-state index is 11.4. The number of Topliss-reactive ketones (excluding diaryl/α,β-unsaturated/α-hetero) is 1. The van der Waals surface area contributed by atoms with Crippen LogP contribution in [0.25, 0.3) is 0 Å². The third-order valence-corrected chi connectivity index (χ3v) is 3.11. The maximum Gasteiger partial charge on any atom is 0.203 e. The Kier molecular flexibility index (Phi) is 2.59. The molecular formula is C14H14O3. The molecule has 0 aromatic heterocycles. The second-order valence-electron chi connectivity index (χ2n) is 4.39. The summed E-state index contributed by atoms with van der Waals surface area (Å²) in [6, 6.07) is 5.43. The van der Waals surface area contributed by atoms with Crippen molar-refractivity contribution in [2.24, 2.45) is 0 Å². The van der Waals surface area contributed by atoms with Gasteiger partial charge in [-0.15, -0.1) is 0 Å². The average molecular weight is 230 g/mol. The van der Waals surface area contributed by atoms with Gasteiger partial charge in [0, 0.05) is 6.07 Å². The van der Waals surface area contributed by atoms with Crippen molar-refractivity contribution >= 4 is 5.78 Å². The van der Waals surface area contributed by atoms with Crippen molar-refractivity contribution in [1.29, 1.82) is 0 Å². The van der Waals surface area contributed by atoms with Crippen LogP contribution in [0, 0.1) is 0 Å². The first-order chi connectivity index (χ1) is 8.33. The predicted molar refractivity (Wildman–Crippen MR) is 63.7 cm³/mol.